The van der Waals surface area contributed by atoms with Crippen molar-refractivity contribution in [3.63, 3.8) is 0 Å². The number of hydrogen-bond donors (Lipinski definition) is 4. The average Bonchev–Trinajstić information content (AvgIpc) is 3.19. The molecule has 2 saturated heterocycles. The highest BCUT2D eigenvalue weighted by molar-refractivity contribution is 6.30. The SMILES string of the molecule is O=C1C2C(c3cc(Cl)ccc3O)NC(CO)(C(=O)O)C2C(=O)N1c1ccccc1. The van der Waals surface area contributed by atoms with Crippen molar-refractivity contribution in [3.8, 4) is 5.75 Å². The fraction of sp³-hybridized carbons (Fsp3) is 0.250. The molecule has 4 unspecified atom stereocenters. The number of hydrogen-bond acceptors (Lipinski definition) is 6. The summed E-state index contributed by atoms with van der Waals surface area (Å²) in [7, 11) is 0. The molecule has 0 spiro atoms. The van der Waals surface area contributed by atoms with E-state index in [1.54, 1.807) is 30.3 Å². The maximum atomic E-state index is 13.3. The van der Waals surface area contributed by atoms with Crippen LogP contribution in [0.5, 0.6) is 5.75 Å². The summed E-state index contributed by atoms with van der Waals surface area (Å²) in [6.45, 7) is -0.914. The maximum Gasteiger partial charge on any atom is 0.327 e. The van der Waals surface area contributed by atoms with Crippen molar-refractivity contribution < 1.29 is 29.7 Å². The maximum absolute atomic E-state index is 13.3. The number of carboxylic acids is 1. The van der Waals surface area contributed by atoms with Crippen LogP contribution in [-0.4, -0.2) is 45.2 Å². The monoisotopic (exact) mass is 416 g/mol. The van der Waals surface area contributed by atoms with E-state index < -0.39 is 47.8 Å². The van der Waals surface area contributed by atoms with E-state index in [0.717, 1.165) is 4.90 Å². The molecule has 2 fully saturated rings. The summed E-state index contributed by atoms with van der Waals surface area (Å²) in [5.41, 5.74) is -1.59. The zero-order chi connectivity index (χ0) is 20.9. The summed E-state index contributed by atoms with van der Waals surface area (Å²) in [5.74, 6) is -5.51. The summed E-state index contributed by atoms with van der Waals surface area (Å²) in [6.07, 6.45) is 0. The molecule has 2 aliphatic heterocycles. The third kappa shape index (κ3) is 2.71. The largest absolute Gasteiger partial charge is 0.508 e. The lowest BCUT2D eigenvalue weighted by Crippen LogP contribution is -2.58. The number of benzene rings is 2. The number of carbonyl (C=O) groups excluding carboxylic acids is 2. The Morgan fingerprint density at radius 1 is 1.14 bits per heavy atom. The van der Waals surface area contributed by atoms with Crippen LogP contribution in [0.15, 0.2) is 48.5 Å². The van der Waals surface area contributed by atoms with Gasteiger partial charge in [0.2, 0.25) is 11.8 Å². The molecule has 2 amide bonds. The van der Waals surface area contributed by atoms with E-state index in [1.807, 2.05) is 0 Å². The Kier molecular flexibility index (Phi) is 4.57. The van der Waals surface area contributed by atoms with Gasteiger partial charge in [-0.2, -0.15) is 0 Å². The number of anilines is 1. The number of imide groups is 1. The second-order valence-electron chi connectivity index (χ2n) is 7.11. The molecule has 2 aromatic carbocycles. The van der Waals surface area contributed by atoms with Crippen LogP contribution < -0.4 is 10.2 Å². The molecule has 0 saturated carbocycles. The number of aliphatic hydroxyl groups excluding tert-OH is 1. The molecule has 0 bridgehead atoms. The van der Waals surface area contributed by atoms with E-state index >= 15 is 0 Å². The van der Waals surface area contributed by atoms with Crippen LogP contribution in [0.25, 0.3) is 0 Å². The van der Waals surface area contributed by atoms with Crippen LogP contribution >= 0.6 is 11.6 Å². The van der Waals surface area contributed by atoms with Gasteiger partial charge in [0.05, 0.1) is 24.1 Å². The second-order valence-corrected chi connectivity index (χ2v) is 7.55. The van der Waals surface area contributed by atoms with Crippen LogP contribution in [0.1, 0.15) is 11.6 Å². The zero-order valence-corrected chi connectivity index (χ0v) is 15.7. The summed E-state index contributed by atoms with van der Waals surface area (Å²) in [4.78, 5) is 39.6. The minimum Gasteiger partial charge on any atom is -0.508 e. The minimum atomic E-state index is -2.08. The Hall–Kier alpha value is -2.94. The minimum absolute atomic E-state index is 0.181. The number of carbonyl (C=O) groups is 3. The van der Waals surface area contributed by atoms with Gasteiger partial charge < -0.3 is 15.3 Å². The number of aliphatic hydroxyl groups is 1. The van der Waals surface area contributed by atoms with Crippen molar-refractivity contribution in [2.75, 3.05) is 11.5 Å². The average molecular weight is 417 g/mol. The molecule has 2 aliphatic rings. The highest BCUT2D eigenvalue weighted by Crippen LogP contribution is 2.51. The Labute approximate surface area is 170 Å². The van der Waals surface area contributed by atoms with Gasteiger partial charge in [-0.05, 0) is 30.3 Å². The van der Waals surface area contributed by atoms with E-state index in [1.165, 1.54) is 18.2 Å². The third-order valence-electron chi connectivity index (χ3n) is 5.62. The highest BCUT2D eigenvalue weighted by Gasteiger charge is 2.69. The van der Waals surface area contributed by atoms with Crippen LogP contribution in [-0.2, 0) is 14.4 Å². The van der Waals surface area contributed by atoms with Gasteiger partial charge in [0.15, 0.2) is 5.54 Å². The fourth-order valence-electron chi connectivity index (χ4n) is 4.29. The molecule has 0 radical (unpaired) electrons. The number of nitrogens with one attached hydrogen (secondary N) is 1. The van der Waals surface area contributed by atoms with Gasteiger partial charge in [-0.15, -0.1) is 0 Å². The first kappa shape index (κ1) is 19.4. The van der Waals surface area contributed by atoms with Gasteiger partial charge in [0.1, 0.15) is 5.75 Å². The summed E-state index contributed by atoms with van der Waals surface area (Å²) in [5, 5.41) is 33.2. The molecule has 4 N–H and O–H groups in total. The molecule has 8 nitrogen and oxygen atoms in total. The van der Waals surface area contributed by atoms with Crippen molar-refractivity contribution in [1.29, 1.82) is 0 Å². The number of carboxylic acid groups (broad SMARTS) is 1. The molecule has 9 heteroatoms. The summed E-state index contributed by atoms with van der Waals surface area (Å²) in [6, 6.07) is 11.3. The van der Waals surface area contributed by atoms with Gasteiger partial charge in [-0.3, -0.25) is 19.7 Å². The topological polar surface area (TPSA) is 127 Å². The third-order valence-corrected chi connectivity index (χ3v) is 5.86. The van der Waals surface area contributed by atoms with Gasteiger partial charge in [-0.1, -0.05) is 29.8 Å². The first-order chi connectivity index (χ1) is 13.8. The lowest BCUT2D eigenvalue weighted by atomic mass is 9.79. The highest BCUT2D eigenvalue weighted by atomic mass is 35.5. The number of halogens is 1. The fourth-order valence-corrected chi connectivity index (χ4v) is 4.47. The number of aliphatic carboxylic acids is 1. The molecule has 150 valence electrons. The summed E-state index contributed by atoms with van der Waals surface area (Å²) < 4.78 is 0. The van der Waals surface area contributed by atoms with Crippen LogP contribution in [0.4, 0.5) is 5.69 Å². The van der Waals surface area contributed by atoms with E-state index in [0.29, 0.717) is 5.69 Å². The number of fused-ring (bicyclic) bond motifs is 1. The molecule has 4 atom stereocenters. The molecule has 2 heterocycles. The Balaban J connectivity index is 1.89. The van der Waals surface area contributed by atoms with Crippen LogP contribution in [0, 0.1) is 11.8 Å². The standard InChI is InChI=1S/C20H17ClN2O6/c21-10-6-7-13(25)12(8-10)16-14-15(20(9-24,22-16)19(28)29)18(27)23(17(14)26)11-4-2-1-3-5-11/h1-8,14-16,22,24-25H,9H2,(H,28,29). The first-order valence-electron chi connectivity index (χ1n) is 8.85. The van der Waals surface area contributed by atoms with Crippen molar-refractivity contribution in [1.82, 2.24) is 5.32 Å². The number of phenols is 1. The van der Waals surface area contributed by atoms with E-state index in [2.05, 4.69) is 5.32 Å². The lowest BCUT2D eigenvalue weighted by Gasteiger charge is -2.29. The second kappa shape index (κ2) is 6.84. The Morgan fingerprint density at radius 2 is 1.83 bits per heavy atom. The number of phenolic OH excluding ortho intramolecular Hbond substituents is 1. The number of para-hydroxylation sites is 1. The van der Waals surface area contributed by atoms with Crippen LogP contribution in [0.3, 0.4) is 0 Å². The number of aromatic hydroxyl groups is 1. The van der Waals surface area contributed by atoms with Gasteiger partial charge in [0.25, 0.3) is 0 Å². The Morgan fingerprint density at radius 3 is 2.45 bits per heavy atom. The molecule has 0 aliphatic carbocycles. The molecule has 2 aromatic rings. The van der Waals surface area contributed by atoms with Crippen molar-refractivity contribution >= 4 is 35.1 Å². The lowest BCUT2D eigenvalue weighted by molar-refractivity contribution is -0.150. The Bertz CT molecular complexity index is 1010. The summed E-state index contributed by atoms with van der Waals surface area (Å²) >= 11 is 6.03. The number of rotatable bonds is 4. The van der Waals surface area contributed by atoms with Crippen molar-refractivity contribution in [2.24, 2.45) is 11.8 Å². The number of amides is 2. The smallest absolute Gasteiger partial charge is 0.327 e. The molecular formula is C20H17ClN2O6. The van der Waals surface area contributed by atoms with E-state index in [4.69, 9.17) is 11.6 Å². The normalized spacial score (nSPS) is 28.6. The molecule has 0 aromatic heterocycles. The van der Waals surface area contributed by atoms with Crippen LogP contribution in [0.2, 0.25) is 5.02 Å². The molecule has 29 heavy (non-hydrogen) atoms. The van der Waals surface area contributed by atoms with Crippen molar-refractivity contribution in [3.05, 3.63) is 59.1 Å². The van der Waals surface area contributed by atoms with E-state index in [-0.39, 0.29) is 16.3 Å². The van der Waals surface area contributed by atoms with Gasteiger partial charge in [-0.25, -0.2) is 4.90 Å². The first-order valence-corrected chi connectivity index (χ1v) is 9.23. The quantitative estimate of drug-likeness (QED) is 0.553. The predicted octanol–water partition coefficient (Wildman–Crippen LogP) is 1.31. The molecule has 4 rings (SSSR count). The predicted molar refractivity (Wildman–Crippen MR) is 102 cm³/mol. The van der Waals surface area contributed by atoms with E-state index in [9.17, 15) is 29.7 Å². The zero-order valence-electron chi connectivity index (χ0n) is 14.9. The molecular weight excluding hydrogens is 400 g/mol. The van der Waals surface area contributed by atoms with Crippen molar-refractivity contribution in [2.45, 2.75) is 11.6 Å². The van der Waals surface area contributed by atoms with Gasteiger partial charge in [0, 0.05) is 16.6 Å². The number of nitrogens with zero attached hydrogens (tertiary/aromatic N) is 1. The van der Waals surface area contributed by atoms with Gasteiger partial charge >= 0.3 is 5.97 Å².